The minimum Gasteiger partial charge on any atom is -0.294 e. The van der Waals surface area contributed by atoms with E-state index in [0.29, 0.717) is 5.92 Å². The van der Waals surface area contributed by atoms with Gasteiger partial charge < -0.3 is 0 Å². The molecule has 1 atom stereocenters. The van der Waals surface area contributed by atoms with Crippen molar-refractivity contribution in [2.45, 2.75) is 20.8 Å². The first-order valence-corrected chi connectivity index (χ1v) is 4.05. The molecule has 0 amide bonds. The molecule has 1 unspecified atom stereocenters. The third kappa shape index (κ3) is 1.79. The molecule has 0 fully saturated rings. The Labute approximate surface area is 67.8 Å². The van der Waals surface area contributed by atoms with Crippen molar-refractivity contribution in [3.8, 4) is 0 Å². The Morgan fingerprint density at radius 1 is 1.45 bits per heavy atom. The Hall–Kier alpha value is -0.850. The summed E-state index contributed by atoms with van der Waals surface area (Å²) in [7, 11) is 0. The van der Waals surface area contributed by atoms with E-state index in [0.717, 1.165) is 5.57 Å². The fourth-order valence-corrected chi connectivity index (χ4v) is 1.05. The van der Waals surface area contributed by atoms with Crippen LogP contribution in [-0.2, 0) is 4.79 Å². The summed E-state index contributed by atoms with van der Waals surface area (Å²) in [5.41, 5.74) is 1.15. The fraction of sp³-hybridized carbons (Fsp3) is 0.500. The Bertz CT molecular complexity index is 221. The number of rotatable bonds is 1. The molecule has 0 aromatic carbocycles. The zero-order chi connectivity index (χ0) is 8.43. The predicted molar refractivity (Wildman–Crippen MR) is 46.2 cm³/mol. The van der Waals surface area contributed by atoms with Crippen molar-refractivity contribution in [2.75, 3.05) is 0 Å². The molecule has 0 aromatic heterocycles. The van der Waals surface area contributed by atoms with E-state index in [2.05, 4.69) is 19.9 Å². The summed E-state index contributed by atoms with van der Waals surface area (Å²) in [6.07, 6.45) is 5.78. The van der Waals surface area contributed by atoms with Crippen LogP contribution in [0.5, 0.6) is 0 Å². The maximum absolute atomic E-state index is 11.2. The molecule has 0 heterocycles. The molecular formula is C10H14O. The highest BCUT2D eigenvalue weighted by atomic mass is 16.1. The van der Waals surface area contributed by atoms with Crippen molar-refractivity contribution in [2.24, 2.45) is 11.8 Å². The van der Waals surface area contributed by atoms with Crippen LogP contribution in [0.2, 0.25) is 0 Å². The van der Waals surface area contributed by atoms with Crippen LogP contribution in [0.3, 0.4) is 0 Å². The molecule has 1 aliphatic carbocycles. The van der Waals surface area contributed by atoms with Crippen LogP contribution < -0.4 is 0 Å². The van der Waals surface area contributed by atoms with Gasteiger partial charge in [-0.2, -0.15) is 0 Å². The van der Waals surface area contributed by atoms with Gasteiger partial charge >= 0.3 is 0 Å². The van der Waals surface area contributed by atoms with Gasteiger partial charge in [0, 0.05) is 5.92 Å². The number of allylic oxidation sites excluding steroid dienone is 4. The lowest BCUT2D eigenvalue weighted by Crippen LogP contribution is -2.11. The van der Waals surface area contributed by atoms with E-state index in [-0.39, 0.29) is 11.7 Å². The maximum Gasteiger partial charge on any atom is 0.162 e. The normalized spacial score (nSPS) is 24.2. The summed E-state index contributed by atoms with van der Waals surface area (Å²) in [5, 5.41) is 0. The van der Waals surface area contributed by atoms with Crippen LogP contribution in [0, 0.1) is 11.8 Å². The molecule has 1 rings (SSSR count). The van der Waals surface area contributed by atoms with Crippen molar-refractivity contribution in [1.29, 1.82) is 0 Å². The number of carbonyl (C=O) groups is 1. The van der Waals surface area contributed by atoms with E-state index in [9.17, 15) is 4.79 Å². The molecule has 60 valence electrons. The number of hydrogen-bond donors (Lipinski definition) is 0. The highest BCUT2D eigenvalue weighted by Crippen LogP contribution is 2.18. The largest absolute Gasteiger partial charge is 0.294 e. The second-order valence-electron chi connectivity index (χ2n) is 3.35. The first-order valence-electron chi connectivity index (χ1n) is 4.05. The molecule has 1 nitrogen and oxygen atoms in total. The lowest BCUT2D eigenvalue weighted by Gasteiger charge is -2.12. The van der Waals surface area contributed by atoms with Crippen molar-refractivity contribution in [3.05, 3.63) is 23.8 Å². The quantitative estimate of drug-likeness (QED) is 0.560. The van der Waals surface area contributed by atoms with Crippen molar-refractivity contribution >= 4 is 5.78 Å². The first-order chi connectivity index (χ1) is 5.11. The van der Waals surface area contributed by atoms with Crippen LogP contribution >= 0.6 is 0 Å². The van der Waals surface area contributed by atoms with Crippen molar-refractivity contribution < 1.29 is 4.79 Å². The van der Waals surface area contributed by atoms with Crippen LogP contribution in [0.4, 0.5) is 0 Å². The SMILES string of the molecule is CC(C)C1=CC(=O)C(C)C=C1. The Morgan fingerprint density at radius 2 is 2.09 bits per heavy atom. The molecule has 0 aliphatic heterocycles. The van der Waals surface area contributed by atoms with E-state index in [1.165, 1.54) is 0 Å². The van der Waals surface area contributed by atoms with Crippen LogP contribution in [0.25, 0.3) is 0 Å². The van der Waals surface area contributed by atoms with Crippen LogP contribution in [0.15, 0.2) is 23.8 Å². The van der Waals surface area contributed by atoms with Gasteiger partial charge in [-0.1, -0.05) is 32.9 Å². The van der Waals surface area contributed by atoms with E-state index in [1.807, 2.05) is 13.0 Å². The van der Waals surface area contributed by atoms with Gasteiger partial charge in [0.15, 0.2) is 5.78 Å². The van der Waals surface area contributed by atoms with Gasteiger partial charge in [0.2, 0.25) is 0 Å². The van der Waals surface area contributed by atoms with E-state index < -0.39 is 0 Å². The van der Waals surface area contributed by atoms with Gasteiger partial charge in [0.25, 0.3) is 0 Å². The zero-order valence-electron chi connectivity index (χ0n) is 7.29. The molecular weight excluding hydrogens is 136 g/mol. The summed E-state index contributed by atoms with van der Waals surface area (Å²) in [4.78, 5) is 11.2. The van der Waals surface area contributed by atoms with E-state index in [1.54, 1.807) is 6.08 Å². The minimum absolute atomic E-state index is 0.0810. The summed E-state index contributed by atoms with van der Waals surface area (Å²) < 4.78 is 0. The second-order valence-corrected chi connectivity index (χ2v) is 3.35. The molecule has 1 heteroatoms. The zero-order valence-corrected chi connectivity index (χ0v) is 7.29. The standard InChI is InChI=1S/C10H14O/c1-7(2)9-5-4-8(3)10(11)6-9/h4-8H,1-3H3. The van der Waals surface area contributed by atoms with E-state index >= 15 is 0 Å². The predicted octanol–water partition coefficient (Wildman–Crippen LogP) is 2.34. The molecule has 0 aromatic rings. The molecule has 11 heavy (non-hydrogen) atoms. The Morgan fingerprint density at radius 3 is 2.55 bits per heavy atom. The van der Waals surface area contributed by atoms with Gasteiger partial charge in [0.05, 0.1) is 0 Å². The Balaban J connectivity index is 2.80. The lowest BCUT2D eigenvalue weighted by molar-refractivity contribution is -0.116. The molecule has 0 saturated heterocycles. The third-order valence-corrected chi connectivity index (χ3v) is 2.00. The van der Waals surface area contributed by atoms with Gasteiger partial charge in [-0.3, -0.25) is 4.79 Å². The number of carbonyl (C=O) groups excluding carboxylic acids is 1. The summed E-state index contributed by atoms with van der Waals surface area (Å²) in [5.74, 6) is 0.774. The molecule has 0 bridgehead atoms. The number of ketones is 1. The minimum atomic E-state index is 0.0810. The lowest BCUT2D eigenvalue weighted by atomic mass is 9.92. The molecule has 0 spiro atoms. The summed E-state index contributed by atoms with van der Waals surface area (Å²) in [6.45, 7) is 6.12. The average molecular weight is 150 g/mol. The van der Waals surface area contributed by atoms with E-state index in [4.69, 9.17) is 0 Å². The van der Waals surface area contributed by atoms with Crippen molar-refractivity contribution in [1.82, 2.24) is 0 Å². The Kier molecular flexibility index (Phi) is 2.28. The molecule has 0 saturated carbocycles. The van der Waals surface area contributed by atoms with Gasteiger partial charge in [-0.15, -0.1) is 0 Å². The monoisotopic (exact) mass is 150 g/mol. The second kappa shape index (κ2) is 3.04. The smallest absolute Gasteiger partial charge is 0.162 e. The highest BCUT2D eigenvalue weighted by Gasteiger charge is 2.13. The topological polar surface area (TPSA) is 17.1 Å². The molecule has 0 N–H and O–H groups in total. The van der Waals surface area contributed by atoms with Gasteiger partial charge in [0.1, 0.15) is 0 Å². The van der Waals surface area contributed by atoms with Crippen LogP contribution in [0.1, 0.15) is 20.8 Å². The highest BCUT2D eigenvalue weighted by molar-refractivity contribution is 5.95. The first kappa shape index (κ1) is 8.25. The van der Waals surface area contributed by atoms with Crippen LogP contribution in [-0.4, -0.2) is 5.78 Å². The maximum atomic E-state index is 11.2. The third-order valence-electron chi connectivity index (χ3n) is 2.00. The summed E-state index contributed by atoms with van der Waals surface area (Å²) >= 11 is 0. The van der Waals surface area contributed by atoms with Gasteiger partial charge in [-0.25, -0.2) is 0 Å². The average Bonchev–Trinajstić information content (AvgIpc) is 1.94. The van der Waals surface area contributed by atoms with Gasteiger partial charge in [-0.05, 0) is 17.6 Å². The summed E-state index contributed by atoms with van der Waals surface area (Å²) in [6, 6.07) is 0. The number of hydrogen-bond acceptors (Lipinski definition) is 1. The van der Waals surface area contributed by atoms with Crippen molar-refractivity contribution in [3.63, 3.8) is 0 Å². The fourth-order valence-electron chi connectivity index (χ4n) is 1.05. The molecule has 1 aliphatic rings. The molecule has 0 radical (unpaired) electrons.